The van der Waals surface area contributed by atoms with Crippen LogP contribution < -0.4 is 0 Å². The Kier molecular flexibility index (Phi) is 2.58. The molecule has 2 aromatic heterocycles. The topological polar surface area (TPSA) is 35.6 Å². The first-order valence-corrected chi connectivity index (χ1v) is 5.15. The molecule has 2 heterocycles. The predicted octanol–water partition coefficient (Wildman–Crippen LogP) is 1.79. The number of aryl methyl sites for hydroxylation is 1. The Bertz CT molecular complexity index is 439. The summed E-state index contributed by atoms with van der Waals surface area (Å²) in [6, 6.07) is 0. The molecule has 0 unspecified atom stereocenters. The summed E-state index contributed by atoms with van der Waals surface area (Å²) < 4.78 is 4.18. The molecule has 0 aliphatic rings. The molecule has 2 aromatic rings. The molecule has 0 spiro atoms. The highest BCUT2D eigenvalue weighted by molar-refractivity contribution is 5.02. The molecule has 0 amide bonds. The van der Waals surface area contributed by atoms with Crippen molar-refractivity contribution in [2.45, 2.75) is 26.3 Å². The van der Waals surface area contributed by atoms with E-state index in [2.05, 4.69) is 28.4 Å². The highest BCUT2D eigenvalue weighted by atomic mass is 15.1. The molecule has 0 saturated heterocycles. The normalized spacial score (nSPS) is 11.2. The molecule has 0 aromatic carbocycles. The van der Waals surface area contributed by atoms with Crippen LogP contribution >= 0.6 is 0 Å². The summed E-state index contributed by atoms with van der Waals surface area (Å²) in [6.45, 7) is 5.09. The second-order valence-corrected chi connectivity index (χ2v) is 4.02. The van der Waals surface area contributed by atoms with Gasteiger partial charge < -0.3 is 9.13 Å². The minimum atomic E-state index is 0.445. The molecule has 0 saturated carbocycles. The standard InChI is InChI=1S/C11H16N4/c1-9(2)11-13-5-7-15(11)8-10-12-4-6-14(10)3/h4-7,9H,8H2,1-3H3. The lowest BCUT2D eigenvalue weighted by atomic mass is 10.2. The summed E-state index contributed by atoms with van der Waals surface area (Å²) in [6.07, 6.45) is 7.63. The summed E-state index contributed by atoms with van der Waals surface area (Å²) in [5, 5.41) is 0. The van der Waals surface area contributed by atoms with Gasteiger partial charge in [0, 0.05) is 37.8 Å². The van der Waals surface area contributed by atoms with Crippen molar-refractivity contribution < 1.29 is 0 Å². The zero-order chi connectivity index (χ0) is 10.8. The molecule has 0 fully saturated rings. The number of imidazole rings is 2. The zero-order valence-electron chi connectivity index (χ0n) is 9.38. The second kappa shape index (κ2) is 3.88. The van der Waals surface area contributed by atoms with Crippen molar-refractivity contribution in [3.8, 4) is 0 Å². The smallest absolute Gasteiger partial charge is 0.128 e. The fourth-order valence-corrected chi connectivity index (χ4v) is 1.66. The van der Waals surface area contributed by atoms with Gasteiger partial charge in [-0.3, -0.25) is 0 Å². The van der Waals surface area contributed by atoms with Crippen molar-refractivity contribution in [3.05, 3.63) is 36.4 Å². The van der Waals surface area contributed by atoms with E-state index in [0.29, 0.717) is 5.92 Å². The van der Waals surface area contributed by atoms with Gasteiger partial charge in [0.05, 0.1) is 6.54 Å². The predicted molar refractivity (Wildman–Crippen MR) is 58.6 cm³/mol. The fourth-order valence-electron chi connectivity index (χ4n) is 1.66. The number of hydrogen-bond acceptors (Lipinski definition) is 2. The summed E-state index contributed by atoms with van der Waals surface area (Å²) in [7, 11) is 2.01. The second-order valence-electron chi connectivity index (χ2n) is 4.02. The molecule has 80 valence electrons. The Morgan fingerprint density at radius 3 is 2.53 bits per heavy atom. The number of nitrogens with zero attached hydrogens (tertiary/aromatic N) is 4. The van der Waals surface area contributed by atoms with Crippen LogP contribution in [0.1, 0.15) is 31.4 Å². The summed E-state index contributed by atoms with van der Waals surface area (Å²) >= 11 is 0. The van der Waals surface area contributed by atoms with Gasteiger partial charge in [0.15, 0.2) is 0 Å². The molecule has 0 bridgehead atoms. The number of rotatable bonds is 3. The van der Waals surface area contributed by atoms with Crippen LogP contribution in [0.4, 0.5) is 0 Å². The van der Waals surface area contributed by atoms with E-state index in [-0.39, 0.29) is 0 Å². The van der Waals surface area contributed by atoms with Crippen molar-refractivity contribution in [2.75, 3.05) is 0 Å². The van der Waals surface area contributed by atoms with Crippen LogP contribution in [0.15, 0.2) is 24.8 Å². The van der Waals surface area contributed by atoms with E-state index in [1.165, 1.54) is 0 Å². The van der Waals surface area contributed by atoms with Crippen molar-refractivity contribution in [1.82, 2.24) is 19.1 Å². The van der Waals surface area contributed by atoms with Crippen LogP contribution in [-0.4, -0.2) is 19.1 Å². The molecule has 0 aliphatic carbocycles. The van der Waals surface area contributed by atoms with Gasteiger partial charge in [0.25, 0.3) is 0 Å². The van der Waals surface area contributed by atoms with Crippen molar-refractivity contribution >= 4 is 0 Å². The molecule has 4 heteroatoms. The first kappa shape index (κ1) is 9.96. The minimum absolute atomic E-state index is 0.445. The quantitative estimate of drug-likeness (QED) is 0.764. The Balaban J connectivity index is 2.25. The van der Waals surface area contributed by atoms with Gasteiger partial charge in [-0.1, -0.05) is 13.8 Å². The minimum Gasteiger partial charge on any atom is -0.337 e. The van der Waals surface area contributed by atoms with Crippen molar-refractivity contribution in [3.63, 3.8) is 0 Å². The fraction of sp³-hybridized carbons (Fsp3) is 0.455. The van der Waals surface area contributed by atoms with E-state index in [9.17, 15) is 0 Å². The van der Waals surface area contributed by atoms with E-state index >= 15 is 0 Å². The number of hydrogen-bond donors (Lipinski definition) is 0. The van der Waals surface area contributed by atoms with E-state index in [0.717, 1.165) is 18.2 Å². The lowest BCUT2D eigenvalue weighted by Crippen LogP contribution is -2.09. The summed E-state index contributed by atoms with van der Waals surface area (Å²) in [5.74, 6) is 2.60. The average molecular weight is 204 g/mol. The molecule has 0 aliphatic heterocycles. The van der Waals surface area contributed by atoms with Gasteiger partial charge in [0.1, 0.15) is 11.6 Å². The van der Waals surface area contributed by atoms with Crippen LogP contribution in [0.5, 0.6) is 0 Å². The monoisotopic (exact) mass is 204 g/mol. The molecule has 15 heavy (non-hydrogen) atoms. The Morgan fingerprint density at radius 2 is 1.93 bits per heavy atom. The van der Waals surface area contributed by atoms with Gasteiger partial charge in [-0.15, -0.1) is 0 Å². The third-order valence-electron chi connectivity index (χ3n) is 2.50. The highest BCUT2D eigenvalue weighted by Gasteiger charge is 2.08. The zero-order valence-corrected chi connectivity index (χ0v) is 9.38. The van der Waals surface area contributed by atoms with Crippen LogP contribution in [0.2, 0.25) is 0 Å². The summed E-state index contributed by atoms with van der Waals surface area (Å²) in [4.78, 5) is 8.66. The number of aromatic nitrogens is 4. The maximum Gasteiger partial charge on any atom is 0.128 e. The van der Waals surface area contributed by atoms with E-state index in [1.54, 1.807) is 0 Å². The first-order valence-electron chi connectivity index (χ1n) is 5.15. The molecule has 0 radical (unpaired) electrons. The highest BCUT2D eigenvalue weighted by Crippen LogP contribution is 2.12. The third-order valence-corrected chi connectivity index (χ3v) is 2.50. The van der Waals surface area contributed by atoms with E-state index in [4.69, 9.17) is 0 Å². The molecule has 0 N–H and O–H groups in total. The maximum atomic E-state index is 4.35. The van der Waals surface area contributed by atoms with Crippen LogP contribution in [0.3, 0.4) is 0 Å². The largest absolute Gasteiger partial charge is 0.337 e. The third kappa shape index (κ3) is 1.93. The van der Waals surface area contributed by atoms with Gasteiger partial charge in [0.2, 0.25) is 0 Å². The van der Waals surface area contributed by atoms with Gasteiger partial charge in [-0.05, 0) is 0 Å². The first-order chi connectivity index (χ1) is 7.18. The molecule has 2 rings (SSSR count). The average Bonchev–Trinajstić information content (AvgIpc) is 2.77. The van der Waals surface area contributed by atoms with Gasteiger partial charge in [-0.25, -0.2) is 9.97 Å². The van der Waals surface area contributed by atoms with Crippen LogP contribution in [0.25, 0.3) is 0 Å². The van der Waals surface area contributed by atoms with Crippen molar-refractivity contribution in [2.24, 2.45) is 7.05 Å². The lowest BCUT2D eigenvalue weighted by molar-refractivity contribution is 0.632. The van der Waals surface area contributed by atoms with E-state index < -0.39 is 0 Å². The summed E-state index contributed by atoms with van der Waals surface area (Å²) in [5.41, 5.74) is 0. The van der Waals surface area contributed by atoms with Crippen LogP contribution in [-0.2, 0) is 13.6 Å². The van der Waals surface area contributed by atoms with Gasteiger partial charge in [-0.2, -0.15) is 0 Å². The molecule has 0 atom stereocenters. The van der Waals surface area contributed by atoms with E-state index in [1.807, 2.05) is 36.4 Å². The Labute approximate surface area is 89.6 Å². The molecule has 4 nitrogen and oxygen atoms in total. The molecular formula is C11H16N4. The lowest BCUT2D eigenvalue weighted by Gasteiger charge is -2.09. The van der Waals surface area contributed by atoms with Gasteiger partial charge >= 0.3 is 0 Å². The Hall–Kier alpha value is -1.58. The molecular weight excluding hydrogens is 188 g/mol. The van der Waals surface area contributed by atoms with Crippen molar-refractivity contribution in [1.29, 1.82) is 0 Å². The Morgan fingerprint density at radius 1 is 1.20 bits per heavy atom. The van der Waals surface area contributed by atoms with Crippen LogP contribution in [0, 0.1) is 0 Å². The maximum absolute atomic E-state index is 4.35. The SMILES string of the molecule is CC(C)c1nccn1Cc1nccn1C.